The molecule has 5 heteroatoms. The maximum atomic E-state index is 12.6. The zero-order valence-corrected chi connectivity index (χ0v) is 15.2. The second-order valence-electron chi connectivity index (χ2n) is 5.96. The minimum absolute atomic E-state index is 0.115. The van der Waals surface area contributed by atoms with Gasteiger partial charge in [-0.3, -0.25) is 4.79 Å². The van der Waals surface area contributed by atoms with Crippen molar-refractivity contribution in [1.82, 2.24) is 5.32 Å². The minimum Gasteiger partial charge on any atom is -0.465 e. The number of esters is 1. The van der Waals surface area contributed by atoms with Crippen LogP contribution >= 0.6 is 11.8 Å². The molecule has 1 aliphatic rings. The SMILES string of the molecule is CCOC(=O)C1(Sc2cccc(Oc3ccccc3)c2)CCNCC1. The first-order chi connectivity index (χ1) is 12.2. The van der Waals surface area contributed by atoms with Crippen LogP contribution in [0.25, 0.3) is 0 Å². The third-order valence-electron chi connectivity index (χ3n) is 4.16. The Balaban J connectivity index is 1.78. The van der Waals surface area contributed by atoms with E-state index in [1.165, 1.54) is 0 Å². The van der Waals surface area contributed by atoms with Crippen molar-refractivity contribution in [2.45, 2.75) is 29.4 Å². The van der Waals surface area contributed by atoms with Gasteiger partial charge in [-0.15, -0.1) is 11.8 Å². The standard InChI is InChI=1S/C20H23NO3S/c1-2-23-19(22)20(11-13-21-14-12-20)25-18-10-6-9-17(15-18)24-16-7-4-3-5-8-16/h3-10,15,21H,2,11-14H2,1H3. The monoisotopic (exact) mass is 357 g/mol. The highest BCUT2D eigenvalue weighted by molar-refractivity contribution is 8.01. The minimum atomic E-state index is -0.521. The molecule has 3 rings (SSSR count). The van der Waals surface area contributed by atoms with Gasteiger partial charge >= 0.3 is 5.97 Å². The second-order valence-corrected chi connectivity index (χ2v) is 7.41. The molecule has 4 nitrogen and oxygen atoms in total. The second kappa shape index (κ2) is 8.41. The van der Waals surface area contributed by atoms with E-state index in [0.29, 0.717) is 6.61 Å². The molecule has 132 valence electrons. The van der Waals surface area contributed by atoms with Crippen LogP contribution in [0.1, 0.15) is 19.8 Å². The molecule has 0 bridgehead atoms. The van der Waals surface area contributed by atoms with E-state index in [-0.39, 0.29) is 5.97 Å². The first-order valence-electron chi connectivity index (χ1n) is 8.62. The van der Waals surface area contributed by atoms with Crippen molar-refractivity contribution in [2.24, 2.45) is 0 Å². The molecule has 25 heavy (non-hydrogen) atoms. The molecule has 0 amide bonds. The Kier molecular flexibility index (Phi) is 6.00. The van der Waals surface area contributed by atoms with Gasteiger partial charge in [-0.25, -0.2) is 0 Å². The van der Waals surface area contributed by atoms with E-state index in [9.17, 15) is 4.79 Å². The topological polar surface area (TPSA) is 47.6 Å². The number of piperidine rings is 1. The van der Waals surface area contributed by atoms with Crippen LogP contribution in [0, 0.1) is 0 Å². The zero-order chi connectivity index (χ0) is 17.5. The molecule has 0 aromatic heterocycles. The maximum Gasteiger partial charge on any atom is 0.322 e. The zero-order valence-electron chi connectivity index (χ0n) is 14.4. The van der Waals surface area contributed by atoms with Crippen molar-refractivity contribution < 1.29 is 14.3 Å². The average molecular weight is 357 g/mol. The molecule has 0 atom stereocenters. The Morgan fingerprint density at radius 3 is 2.52 bits per heavy atom. The lowest BCUT2D eigenvalue weighted by Crippen LogP contribution is -2.46. The predicted molar refractivity (Wildman–Crippen MR) is 100 cm³/mol. The average Bonchev–Trinajstić information content (AvgIpc) is 2.64. The Morgan fingerprint density at radius 2 is 1.80 bits per heavy atom. The lowest BCUT2D eigenvalue weighted by Gasteiger charge is -2.34. The summed E-state index contributed by atoms with van der Waals surface area (Å²) in [5.74, 6) is 1.45. The fourth-order valence-corrected chi connectivity index (χ4v) is 4.22. The molecule has 0 unspecified atom stereocenters. The van der Waals surface area contributed by atoms with E-state index in [4.69, 9.17) is 9.47 Å². The van der Waals surface area contributed by atoms with Crippen molar-refractivity contribution in [3.8, 4) is 11.5 Å². The van der Waals surface area contributed by atoms with Crippen LogP contribution in [0.4, 0.5) is 0 Å². The predicted octanol–water partition coefficient (Wildman–Crippen LogP) is 4.26. The molecule has 0 spiro atoms. The number of thioether (sulfide) groups is 1. The van der Waals surface area contributed by atoms with E-state index in [0.717, 1.165) is 42.3 Å². The fraction of sp³-hybridized carbons (Fsp3) is 0.350. The van der Waals surface area contributed by atoms with Crippen molar-refractivity contribution in [3.05, 3.63) is 54.6 Å². The molecule has 1 N–H and O–H groups in total. The van der Waals surface area contributed by atoms with Gasteiger partial charge in [0.15, 0.2) is 0 Å². The van der Waals surface area contributed by atoms with Gasteiger partial charge in [-0.1, -0.05) is 24.3 Å². The lowest BCUT2D eigenvalue weighted by molar-refractivity contribution is -0.146. The van der Waals surface area contributed by atoms with Gasteiger partial charge in [0.25, 0.3) is 0 Å². The fourth-order valence-electron chi connectivity index (χ4n) is 2.89. The number of carbonyl (C=O) groups excluding carboxylic acids is 1. The van der Waals surface area contributed by atoms with Crippen molar-refractivity contribution >= 4 is 17.7 Å². The normalized spacial score (nSPS) is 16.2. The number of rotatable bonds is 6. The van der Waals surface area contributed by atoms with Crippen LogP contribution in [0.15, 0.2) is 59.5 Å². The number of carbonyl (C=O) groups is 1. The molecule has 0 aliphatic carbocycles. The molecular weight excluding hydrogens is 334 g/mol. The van der Waals surface area contributed by atoms with E-state index < -0.39 is 4.75 Å². The summed E-state index contributed by atoms with van der Waals surface area (Å²) in [5.41, 5.74) is 0. The smallest absolute Gasteiger partial charge is 0.322 e. The Hall–Kier alpha value is -1.98. The van der Waals surface area contributed by atoms with Gasteiger partial charge < -0.3 is 14.8 Å². The van der Waals surface area contributed by atoms with Crippen LogP contribution < -0.4 is 10.1 Å². The summed E-state index contributed by atoms with van der Waals surface area (Å²) in [4.78, 5) is 13.6. The maximum absolute atomic E-state index is 12.6. The highest BCUT2D eigenvalue weighted by atomic mass is 32.2. The van der Waals surface area contributed by atoms with Gasteiger partial charge in [0, 0.05) is 4.90 Å². The Morgan fingerprint density at radius 1 is 1.08 bits per heavy atom. The Bertz CT molecular complexity index is 699. The number of hydrogen-bond acceptors (Lipinski definition) is 5. The molecule has 2 aromatic rings. The molecule has 1 heterocycles. The number of nitrogens with one attached hydrogen (secondary N) is 1. The van der Waals surface area contributed by atoms with Crippen LogP contribution in [-0.4, -0.2) is 30.4 Å². The highest BCUT2D eigenvalue weighted by Gasteiger charge is 2.42. The molecule has 1 saturated heterocycles. The van der Waals surface area contributed by atoms with E-state index in [1.807, 2.05) is 61.5 Å². The van der Waals surface area contributed by atoms with Crippen molar-refractivity contribution in [2.75, 3.05) is 19.7 Å². The van der Waals surface area contributed by atoms with E-state index in [1.54, 1.807) is 11.8 Å². The molecule has 1 aliphatic heterocycles. The summed E-state index contributed by atoms with van der Waals surface area (Å²) in [6, 6.07) is 17.6. The number of ether oxygens (including phenoxy) is 2. The van der Waals surface area contributed by atoms with E-state index >= 15 is 0 Å². The van der Waals surface area contributed by atoms with Crippen LogP contribution in [0.2, 0.25) is 0 Å². The van der Waals surface area contributed by atoms with Gasteiger partial charge in [0.05, 0.1) is 6.61 Å². The summed E-state index contributed by atoms with van der Waals surface area (Å²) >= 11 is 1.59. The molecule has 1 fully saturated rings. The number of hydrogen-bond donors (Lipinski definition) is 1. The van der Waals surface area contributed by atoms with Crippen molar-refractivity contribution in [1.29, 1.82) is 0 Å². The molecule has 0 radical (unpaired) electrons. The molecule has 0 saturated carbocycles. The highest BCUT2D eigenvalue weighted by Crippen LogP contribution is 2.41. The summed E-state index contributed by atoms with van der Waals surface area (Å²) in [7, 11) is 0. The largest absolute Gasteiger partial charge is 0.465 e. The lowest BCUT2D eigenvalue weighted by atomic mass is 9.97. The Labute approximate surface area is 152 Å². The molecular formula is C20H23NO3S. The number of benzene rings is 2. The quantitative estimate of drug-likeness (QED) is 0.783. The van der Waals surface area contributed by atoms with Crippen LogP contribution in [0.5, 0.6) is 11.5 Å². The number of para-hydroxylation sites is 1. The summed E-state index contributed by atoms with van der Waals surface area (Å²) in [5, 5.41) is 3.32. The van der Waals surface area contributed by atoms with Crippen LogP contribution in [0.3, 0.4) is 0 Å². The summed E-state index contributed by atoms with van der Waals surface area (Å²) < 4.78 is 10.8. The molecule has 2 aromatic carbocycles. The summed E-state index contributed by atoms with van der Waals surface area (Å²) in [6.45, 7) is 3.91. The van der Waals surface area contributed by atoms with Gasteiger partial charge in [0.2, 0.25) is 0 Å². The van der Waals surface area contributed by atoms with Gasteiger partial charge in [0.1, 0.15) is 16.2 Å². The third kappa shape index (κ3) is 4.55. The van der Waals surface area contributed by atoms with Gasteiger partial charge in [-0.2, -0.15) is 0 Å². The van der Waals surface area contributed by atoms with Crippen LogP contribution in [-0.2, 0) is 9.53 Å². The first kappa shape index (κ1) is 17.8. The first-order valence-corrected chi connectivity index (χ1v) is 9.43. The van der Waals surface area contributed by atoms with Crippen molar-refractivity contribution in [3.63, 3.8) is 0 Å². The summed E-state index contributed by atoms with van der Waals surface area (Å²) in [6.07, 6.45) is 1.53. The van der Waals surface area contributed by atoms with Gasteiger partial charge in [-0.05, 0) is 63.2 Å². The van der Waals surface area contributed by atoms with E-state index in [2.05, 4.69) is 5.32 Å². The third-order valence-corrected chi connectivity index (χ3v) is 5.61.